The first kappa shape index (κ1) is 24.3. The summed E-state index contributed by atoms with van der Waals surface area (Å²) in [5, 5.41) is 13.2. The second-order valence-corrected chi connectivity index (χ2v) is 9.50. The number of nitrogens with one attached hydrogen (secondary N) is 1. The molecule has 0 aromatic heterocycles. The lowest BCUT2D eigenvalue weighted by molar-refractivity contribution is -0.0585. The molecular formula is C29H32FN3O3. The third kappa shape index (κ3) is 4.81. The van der Waals surface area contributed by atoms with Gasteiger partial charge in [-0.1, -0.05) is 48.5 Å². The molecule has 0 unspecified atom stereocenters. The van der Waals surface area contributed by atoms with Crippen LogP contribution >= 0.6 is 0 Å². The zero-order valence-electron chi connectivity index (χ0n) is 20.4. The fourth-order valence-corrected chi connectivity index (χ4v) is 5.63. The third-order valence-corrected chi connectivity index (χ3v) is 7.46. The molecule has 2 N–H and O–H groups in total. The molecule has 3 aromatic carbocycles. The number of fused-ring (bicyclic) bond motifs is 1. The Hall–Kier alpha value is -3.42. The highest BCUT2D eigenvalue weighted by atomic mass is 19.1. The van der Waals surface area contributed by atoms with Crippen LogP contribution in [0.5, 0.6) is 5.75 Å². The Morgan fingerprint density at radius 1 is 1.03 bits per heavy atom. The van der Waals surface area contributed by atoms with Gasteiger partial charge >= 0.3 is 6.03 Å². The Labute approximate surface area is 211 Å². The quantitative estimate of drug-likeness (QED) is 0.532. The lowest BCUT2D eigenvalue weighted by Crippen LogP contribution is -2.68. The van der Waals surface area contributed by atoms with Crippen molar-refractivity contribution in [2.24, 2.45) is 0 Å². The first-order valence-electron chi connectivity index (χ1n) is 12.5. The van der Waals surface area contributed by atoms with Crippen molar-refractivity contribution < 1.29 is 19.0 Å². The van der Waals surface area contributed by atoms with E-state index in [4.69, 9.17) is 4.74 Å². The number of carbonyl (C=O) groups is 1. The lowest BCUT2D eigenvalue weighted by Gasteiger charge is -2.57. The fraction of sp³-hybridized carbons (Fsp3) is 0.345. The molecule has 188 valence electrons. The summed E-state index contributed by atoms with van der Waals surface area (Å²) >= 11 is 0. The van der Waals surface area contributed by atoms with Gasteiger partial charge in [-0.15, -0.1) is 0 Å². The summed E-state index contributed by atoms with van der Waals surface area (Å²) < 4.78 is 19.1. The minimum Gasteiger partial charge on any atom is -0.495 e. The summed E-state index contributed by atoms with van der Waals surface area (Å²) in [6.45, 7) is 2.24. The largest absolute Gasteiger partial charge is 0.495 e. The predicted molar refractivity (Wildman–Crippen MR) is 139 cm³/mol. The molecule has 0 aliphatic carbocycles. The highest BCUT2D eigenvalue weighted by molar-refractivity contribution is 5.91. The second kappa shape index (κ2) is 10.7. The number of anilines is 1. The molecule has 0 radical (unpaired) electrons. The van der Waals surface area contributed by atoms with Crippen molar-refractivity contribution in [2.45, 2.75) is 30.8 Å². The molecule has 2 fully saturated rings. The number of nitrogens with zero attached hydrogens (tertiary/aromatic N) is 2. The number of benzene rings is 3. The smallest absolute Gasteiger partial charge is 0.322 e. The van der Waals surface area contributed by atoms with Gasteiger partial charge in [0, 0.05) is 31.1 Å². The van der Waals surface area contributed by atoms with Crippen molar-refractivity contribution in [3.8, 4) is 16.9 Å². The number of aliphatic hydroxyl groups is 1. The summed E-state index contributed by atoms with van der Waals surface area (Å²) in [6.07, 6.45) is 1.88. The van der Waals surface area contributed by atoms with Crippen molar-refractivity contribution in [2.75, 3.05) is 38.7 Å². The van der Waals surface area contributed by atoms with E-state index in [1.165, 1.54) is 12.1 Å². The second-order valence-electron chi connectivity index (χ2n) is 9.50. The van der Waals surface area contributed by atoms with Crippen molar-refractivity contribution in [1.82, 2.24) is 9.80 Å². The summed E-state index contributed by atoms with van der Waals surface area (Å²) in [5.41, 5.74) is 3.56. The third-order valence-electron chi connectivity index (χ3n) is 7.46. The van der Waals surface area contributed by atoms with Crippen LogP contribution in [0, 0.1) is 5.82 Å². The molecule has 3 aromatic rings. The van der Waals surface area contributed by atoms with Crippen molar-refractivity contribution in [1.29, 1.82) is 0 Å². The van der Waals surface area contributed by atoms with Gasteiger partial charge in [-0.25, -0.2) is 9.18 Å². The standard InChI is InChI=1S/C29H32FN3O3/c1-36-27-10-3-2-9-24(27)31-29(35)32-15-4-5-16-33-25(18-32)28(26(33)19-34)21-13-11-20(12-14-21)22-7-6-8-23(30)17-22/h2-3,6-14,17,25-26,28,34H,4-5,15-16,18-19H2,1H3,(H,31,35)/t25-,26+,28+/m1/s1. The molecule has 0 saturated carbocycles. The number of rotatable bonds is 5. The Bertz CT molecular complexity index is 1200. The van der Waals surface area contributed by atoms with Crippen LogP contribution in [0.1, 0.15) is 24.3 Å². The highest BCUT2D eigenvalue weighted by Crippen LogP contribution is 2.42. The fourth-order valence-electron chi connectivity index (χ4n) is 5.63. The maximum absolute atomic E-state index is 13.7. The van der Waals surface area contributed by atoms with Crippen LogP contribution in [-0.4, -0.2) is 66.4 Å². The number of para-hydroxylation sites is 2. The van der Waals surface area contributed by atoms with Crippen LogP contribution in [-0.2, 0) is 0 Å². The number of methoxy groups -OCH3 is 1. The van der Waals surface area contributed by atoms with Crippen molar-refractivity contribution in [3.63, 3.8) is 0 Å². The number of urea groups is 1. The Morgan fingerprint density at radius 3 is 2.56 bits per heavy atom. The summed E-state index contributed by atoms with van der Waals surface area (Å²) in [6, 6.07) is 22.1. The van der Waals surface area contributed by atoms with E-state index < -0.39 is 0 Å². The molecule has 0 spiro atoms. The van der Waals surface area contributed by atoms with E-state index in [1.807, 2.05) is 47.4 Å². The van der Waals surface area contributed by atoms with Crippen LogP contribution < -0.4 is 10.1 Å². The van der Waals surface area contributed by atoms with Gasteiger partial charge in [0.25, 0.3) is 0 Å². The molecule has 2 aliphatic rings. The first-order chi connectivity index (χ1) is 17.6. The summed E-state index contributed by atoms with van der Waals surface area (Å²) in [4.78, 5) is 17.5. The number of halogens is 1. The Kier molecular flexibility index (Phi) is 7.20. The minimum absolute atomic E-state index is 0.0206. The number of carbonyl (C=O) groups excluding carboxylic acids is 1. The molecule has 36 heavy (non-hydrogen) atoms. The van der Waals surface area contributed by atoms with Gasteiger partial charge in [0.1, 0.15) is 11.6 Å². The average Bonchev–Trinajstić information content (AvgIpc) is 2.88. The molecule has 2 heterocycles. The Balaban J connectivity index is 1.35. The lowest BCUT2D eigenvalue weighted by atomic mass is 9.74. The molecular weight excluding hydrogens is 457 g/mol. The summed E-state index contributed by atoms with van der Waals surface area (Å²) in [5.74, 6) is 0.476. The molecule has 2 aliphatic heterocycles. The summed E-state index contributed by atoms with van der Waals surface area (Å²) in [7, 11) is 1.59. The van der Waals surface area contributed by atoms with E-state index in [9.17, 15) is 14.3 Å². The van der Waals surface area contributed by atoms with Gasteiger partial charge in [-0.3, -0.25) is 4.90 Å². The van der Waals surface area contributed by atoms with Gasteiger partial charge in [0.15, 0.2) is 0 Å². The SMILES string of the molecule is COc1ccccc1NC(=O)N1CCCCN2[C@H](C1)[C@H](c1ccc(-c3cccc(F)c3)cc1)[C@@H]2CO. The van der Waals surface area contributed by atoms with Gasteiger partial charge in [-0.05, 0) is 60.3 Å². The molecule has 3 atom stereocenters. The van der Waals surface area contributed by atoms with Crippen LogP contribution in [0.15, 0.2) is 72.8 Å². The zero-order valence-corrected chi connectivity index (χ0v) is 20.4. The van der Waals surface area contributed by atoms with Crippen molar-refractivity contribution >= 4 is 11.7 Å². The zero-order chi connectivity index (χ0) is 25.1. The van der Waals surface area contributed by atoms with E-state index in [-0.39, 0.29) is 36.5 Å². The Morgan fingerprint density at radius 2 is 1.81 bits per heavy atom. The topological polar surface area (TPSA) is 65.0 Å². The normalized spacial score (nSPS) is 22.1. The molecule has 7 heteroatoms. The molecule has 2 saturated heterocycles. The number of ether oxygens (including phenoxy) is 1. The van der Waals surface area contributed by atoms with E-state index in [0.717, 1.165) is 36.1 Å². The number of aliphatic hydroxyl groups excluding tert-OH is 1. The number of hydrogen-bond acceptors (Lipinski definition) is 4. The first-order valence-corrected chi connectivity index (χ1v) is 12.5. The monoisotopic (exact) mass is 489 g/mol. The van der Waals surface area contributed by atoms with Crippen LogP contribution in [0.3, 0.4) is 0 Å². The van der Waals surface area contributed by atoms with Crippen LogP contribution in [0.4, 0.5) is 14.9 Å². The maximum atomic E-state index is 13.7. The highest BCUT2D eigenvalue weighted by Gasteiger charge is 2.49. The van der Waals surface area contributed by atoms with Gasteiger partial charge in [-0.2, -0.15) is 0 Å². The minimum atomic E-state index is -0.257. The molecule has 6 nitrogen and oxygen atoms in total. The van der Waals surface area contributed by atoms with Crippen molar-refractivity contribution in [3.05, 3.63) is 84.2 Å². The maximum Gasteiger partial charge on any atom is 0.322 e. The van der Waals surface area contributed by atoms with Gasteiger partial charge < -0.3 is 20.1 Å². The van der Waals surface area contributed by atoms with E-state index in [0.29, 0.717) is 24.5 Å². The number of amides is 2. The van der Waals surface area contributed by atoms with E-state index >= 15 is 0 Å². The predicted octanol–water partition coefficient (Wildman–Crippen LogP) is 4.96. The average molecular weight is 490 g/mol. The molecule has 5 rings (SSSR count). The van der Waals surface area contributed by atoms with E-state index in [2.05, 4.69) is 22.3 Å². The number of hydrogen-bond donors (Lipinski definition) is 2. The van der Waals surface area contributed by atoms with E-state index in [1.54, 1.807) is 13.2 Å². The van der Waals surface area contributed by atoms with Gasteiger partial charge in [0.2, 0.25) is 0 Å². The molecule has 0 bridgehead atoms. The van der Waals surface area contributed by atoms with Crippen LogP contribution in [0.25, 0.3) is 11.1 Å². The van der Waals surface area contributed by atoms with Crippen LogP contribution in [0.2, 0.25) is 0 Å². The molecule has 2 amide bonds. The van der Waals surface area contributed by atoms with Gasteiger partial charge in [0.05, 0.1) is 19.4 Å².